The number of aliphatic hydroxyl groups excluding tert-OH is 1. The van der Waals surface area contributed by atoms with Crippen LogP contribution in [0.25, 0.3) is 16.7 Å². The number of nitrogens with one attached hydrogen (secondary N) is 1. The first kappa shape index (κ1) is 22.3. The van der Waals surface area contributed by atoms with Gasteiger partial charge >= 0.3 is 0 Å². The third-order valence-corrected chi connectivity index (χ3v) is 8.26. The Morgan fingerprint density at radius 2 is 2.03 bits per heavy atom. The van der Waals surface area contributed by atoms with Crippen LogP contribution in [0.15, 0.2) is 69.6 Å². The lowest BCUT2D eigenvalue weighted by atomic mass is 10.2. The number of halogens is 1. The predicted octanol–water partition coefficient (Wildman–Crippen LogP) is 4.62. The van der Waals surface area contributed by atoms with Gasteiger partial charge in [0.1, 0.15) is 28.7 Å². The quantitative estimate of drug-likeness (QED) is 0.396. The molecule has 2 N–H and O–H groups in total. The van der Waals surface area contributed by atoms with Crippen molar-refractivity contribution in [2.75, 3.05) is 12.4 Å². The van der Waals surface area contributed by atoms with E-state index in [0.717, 1.165) is 22.3 Å². The standard InChI is InChI=1S/C22H16ClN3O6S2/c1-26-19(20(27)21-15(34(26,29)30)10-16(23)33-21)22(28)25-17-7-4-8-18(24-17)31-11-13-9-12-5-2-3-6-14(12)32-13/h2-10,27H,11H2,1H3,(H,24,25,28). The molecule has 0 saturated carbocycles. The maximum absolute atomic E-state index is 12.9. The van der Waals surface area contributed by atoms with Crippen molar-refractivity contribution >= 4 is 61.4 Å². The van der Waals surface area contributed by atoms with Crippen LogP contribution in [-0.4, -0.2) is 35.8 Å². The third-order valence-electron chi connectivity index (χ3n) is 5.08. The van der Waals surface area contributed by atoms with Crippen molar-refractivity contribution in [3.8, 4) is 5.88 Å². The molecule has 1 amide bonds. The van der Waals surface area contributed by atoms with Crippen LogP contribution in [0, 0.1) is 0 Å². The Kier molecular flexibility index (Phi) is 5.47. The van der Waals surface area contributed by atoms with E-state index in [1.807, 2.05) is 30.3 Å². The number of nitrogens with zero attached hydrogens (tertiary/aromatic N) is 2. The number of furan rings is 1. The van der Waals surface area contributed by atoms with Crippen molar-refractivity contribution < 1.29 is 27.5 Å². The van der Waals surface area contributed by atoms with E-state index >= 15 is 0 Å². The van der Waals surface area contributed by atoms with Gasteiger partial charge in [0.25, 0.3) is 15.9 Å². The highest BCUT2D eigenvalue weighted by atomic mass is 35.5. The van der Waals surface area contributed by atoms with E-state index in [4.69, 9.17) is 20.8 Å². The Bertz CT molecular complexity index is 1540. The zero-order chi connectivity index (χ0) is 24.0. The molecule has 1 aliphatic rings. The lowest BCUT2D eigenvalue weighted by Gasteiger charge is -2.26. The van der Waals surface area contributed by atoms with E-state index in [1.165, 1.54) is 19.2 Å². The number of hydrogen-bond donors (Lipinski definition) is 2. The zero-order valence-corrected chi connectivity index (χ0v) is 19.9. The summed E-state index contributed by atoms with van der Waals surface area (Å²) >= 11 is 6.80. The van der Waals surface area contributed by atoms with Gasteiger partial charge in [0, 0.05) is 18.5 Å². The van der Waals surface area contributed by atoms with Crippen LogP contribution in [0.2, 0.25) is 4.34 Å². The molecule has 4 aromatic rings. The number of pyridine rings is 1. The molecule has 5 rings (SSSR count). The van der Waals surface area contributed by atoms with E-state index in [2.05, 4.69) is 10.3 Å². The second-order valence-electron chi connectivity index (χ2n) is 7.27. The first-order chi connectivity index (χ1) is 16.2. The van der Waals surface area contributed by atoms with Crippen LogP contribution in [0.3, 0.4) is 0 Å². The summed E-state index contributed by atoms with van der Waals surface area (Å²) in [5, 5.41) is 14.1. The van der Waals surface area contributed by atoms with Crippen LogP contribution in [0.4, 0.5) is 5.82 Å². The second-order valence-corrected chi connectivity index (χ2v) is 10.9. The highest BCUT2D eigenvalue weighted by Crippen LogP contribution is 2.41. The van der Waals surface area contributed by atoms with Crippen LogP contribution in [0.5, 0.6) is 5.88 Å². The number of carbonyl (C=O) groups excluding carboxylic acids is 1. The summed E-state index contributed by atoms with van der Waals surface area (Å²) in [4.78, 5) is 17.0. The highest BCUT2D eigenvalue weighted by molar-refractivity contribution is 7.89. The number of aliphatic hydroxyl groups is 1. The van der Waals surface area contributed by atoms with Crippen molar-refractivity contribution in [2.24, 2.45) is 0 Å². The van der Waals surface area contributed by atoms with Crippen molar-refractivity contribution in [2.45, 2.75) is 11.5 Å². The molecule has 12 heteroatoms. The summed E-state index contributed by atoms with van der Waals surface area (Å²) in [6.07, 6.45) is 0. The van der Waals surface area contributed by atoms with Crippen molar-refractivity contribution in [1.29, 1.82) is 0 Å². The number of likely N-dealkylation sites (N-methyl/N-ethyl adjacent to an activating group) is 1. The minimum atomic E-state index is -4.05. The van der Waals surface area contributed by atoms with Crippen LogP contribution >= 0.6 is 22.9 Å². The van der Waals surface area contributed by atoms with Gasteiger partial charge in [-0.2, -0.15) is 4.98 Å². The fourth-order valence-electron chi connectivity index (χ4n) is 3.47. The molecule has 0 spiro atoms. The number of sulfonamides is 1. The van der Waals surface area contributed by atoms with Gasteiger partial charge in [-0.25, -0.2) is 8.42 Å². The molecular weight excluding hydrogens is 502 g/mol. The van der Waals surface area contributed by atoms with Gasteiger partial charge in [-0.05, 0) is 24.3 Å². The smallest absolute Gasteiger partial charge is 0.278 e. The number of amides is 1. The average molecular weight is 518 g/mol. The molecule has 4 heterocycles. The largest absolute Gasteiger partial charge is 0.504 e. The first-order valence-corrected chi connectivity index (χ1v) is 12.5. The van der Waals surface area contributed by atoms with Crippen LogP contribution < -0.4 is 10.1 Å². The van der Waals surface area contributed by atoms with E-state index in [1.54, 1.807) is 12.1 Å². The fraction of sp³-hybridized carbons (Fsp3) is 0.0909. The molecule has 1 aromatic carbocycles. The monoisotopic (exact) mass is 517 g/mol. The summed E-state index contributed by atoms with van der Waals surface area (Å²) < 4.78 is 37.8. The summed E-state index contributed by atoms with van der Waals surface area (Å²) in [6, 6.07) is 15.4. The third kappa shape index (κ3) is 3.87. The predicted molar refractivity (Wildman–Crippen MR) is 127 cm³/mol. The van der Waals surface area contributed by atoms with E-state index in [9.17, 15) is 18.3 Å². The lowest BCUT2D eigenvalue weighted by Crippen LogP contribution is -2.36. The molecule has 0 unspecified atom stereocenters. The van der Waals surface area contributed by atoms with Gasteiger partial charge in [0.15, 0.2) is 11.5 Å². The van der Waals surface area contributed by atoms with E-state index < -0.39 is 27.4 Å². The Labute approximate surface area is 202 Å². The summed E-state index contributed by atoms with van der Waals surface area (Å²) in [5.41, 5.74) is 0.298. The summed E-state index contributed by atoms with van der Waals surface area (Å²) in [5.74, 6) is -0.423. The number of aromatic nitrogens is 1. The molecule has 1 aliphatic heterocycles. The van der Waals surface area contributed by atoms with Crippen LogP contribution in [0.1, 0.15) is 10.6 Å². The van der Waals surface area contributed by atoms with Gasteiger partial charge in [-0.3, -0.25) is 9.10 Å². The van der Waals surface area contributed by atoms with Crippen LogP contribution in [-0.2, 0) is 21.4 Å². The van der Waals surface area contributed by atoms with Gasteiger partial charge in [0.2, 0.25) is 5.88 Å². The Hall–Kier alpha value is -3.54. The normalized spacial score (nSPS) is 14.8. The number of benzene rings is 1. The number of hydrogen-bond acceptors (Lipinski definition) is 8. The molecule has 0 atom stereocenters. The van der Waals surface area contributed by atoms with E-state index in [0.29, 0.717) is 10.1 Å². The molecule has 0 fully saturated rings. The average Bonchev–Trinajstić information content (AvgIpc) is 3.41. The Balaban J connectivity index is 1.35. The number of ether oxygens (including phenoxy) is 1. The zero-order valence-electron chi connectivity index (χ0n) is 17.5. The van der Waals surface area contributed by atoms with Gasteiger partial charge in [0.05, 0.1) is 9.21 Å². The van der Waals surface area contributed by atoms with Gasteiger partial charge in [-0.1, -0.05) is 35.9 Å². The topological polar surface area (TPSA) is 122 Å². The second kappa shape index (κ2) is 8.35. The number of anilines is 1. The van der Waals surface area contributed by atoms with Crippen molar-refractivity contribution in [3.05, 3.63) is 75.3 Å². The molecule has 0 aliphatic carbocycles. The number of rotatable bonds is 5. The molecule has 9 nitrogen and oxygen atoms in total. The molecule has 0 bridgehead atoms. The number of thiophene rings is 1. The molecule has 0 radical (unpaired) electrons. The molecule has 174 valence electrons. The van der Waals surface area contributed by atoms with Gasteiger partial charge in [-0.15, -0.1) is 11.3 Å². The highest BCUT2D eigenvalue weighted by Gasteiger charge is 2.39. The molecule has 34 heavy (non-hydrogen) atoms. The summed E-state index contributed by atoms with van der Waals surface area (Å²) in [6.45, 7) is 0.119. The SMILES string of the molecule is CN1C(C(=O)Nc2cccc(OCc3cc4ccccc4o3)n2)=C(O)c2sc(Cl)cc2S1(=O)=O. The Morgan fingerprint density at radius 1 is 1.24 bits per heavy atom. The number of carbonyl (C=O) groups is 1. The molecule has 3 aromatic heterocycles. The summed E-state index contributed by atoms with van der Waals surface area (Å²) in [7, 11) is -2.88. The minimum absolute atomic E-state index is 0.00382. The number of fused-ring (bicyclic) bond motifs is 2. The lowest BCUT2D eigenvalue weighted by molar-refractivity contribution is -0.113. The maximum Gasteiger partial charge on any atom is 0.278 e. The molecular formula is C22H16ClN3O6S2. The minimum Gasteiger partial charge on any atom is -0.504 e. The molecule has 0 saturated heterocycles. The number of para-hydroxylation sites is 1. The van der Waals surface area contributed by atoms with Crippen molar-refractivity contribution in [3.63, 3.8) is 0 Å². The fourth-order valence-corrected chi connectivity index (χ4v) is 6.42. The van der Waals surface area contributed by atoms with E-state index in [-0.39, 0.29) is 32.4 Å². The Morgan fingerprint density at radius 3 is 2.82 bits per heavy atom. The first-order valence-electron chi connectivity index (χ1n) is 9.84. The maximum atomic E-state index is 12.9. The van der Waals surface area contributed by atoms with Crippen molar-refractivity contribution in [1.82, 2.24) is 9.29 Å². The van der Waals surface area contributed by atoms with Gasteiger partial charge < -0.3 is 19.6 Å².